The van der Waals surface area contributed by atoms with Crippen LogP contribution in [0.4, 0.5) is 0 Å². The maximum absolute atomic E-state index is 11.4. The second kappa shape index (κ2) is 5.50. The quantitative estimate of drug-likeness (QED) is 0.830. The van der Waals surface area contributed by atoms with Gasteiger partial charge in [0.1, 0.15) is 0 Å². The topological polar surface area (TPSA) is 57.6 Å². The minimum absolute atomic E-state index is 0.0667. The highest BCUT2D eigenvalue weighted by Crippen LogP contribution is 2.11. The SMILES string of the molecule is CN(Cc1cccs1)C(=O)CCC(=O)O. The number of carbonyl (C=O) groups is 2. The Kier molecular flexibility index (Phi) is 4.30. The second-order valence-electron chi connectivity index (χ2n) is 3.22. The zero-order chi connectivity index (χ0) is 11.3. The Bertz CT molecular complexity index is 334. The van der Waals surface area contributed by atoms with Crippen molar-refractivity contribution in [1.82, 2.24) is 4.90 Å². The summed E-state index contributed by atoms with van der Waals surface area (Å²) in [7, 11) is 1.68. The molecule has 0 bridgehead atoms. The predicted octanol–water partition coefficient (Wildman–Crippen LogP) is 1.57. The number of carboxylic acids is 1. The van der Waals surface area contributed by atoms with Crippen molar-refractivity contribution in [2.24, 2.45) is 0 Å². The van der Waals surface area contributed by atoms with Gasteiger partial charge >= 0.3 is 5.97 Å². The lowest BCUT2D eigenvalue weighted by Gasteiger charge is -2.15. The molecule has 1 N–H and O–H groups in total. The summed E-state index contributed by atoms with van der Waals surface area (Å²) in [4.78, 5) is 24.4. The largest absolute Gasteiger partial charge is 0.481 e. The summed E-state index contributed by atoms with van der Waals surface area (Å²) in [5.41, 5.74) is 0. The van der Waals surface area contributed by atoms with Crippen molar-refractivity contribution >= 4 is 23.2 Å². The van der Waals surface area contributed by atoms with E-state index in [0.717, 1.165) is 4.88 Å². The lowest BCUT2D eigenvalue weighted by molar-refractivity contribution is -0.140. The van der Waals surface area contributed by atoms with Crippen LogP contribution >= 0.6 is 11.3 Å². The summed E-state index contributed by atoms with van der Waals surface area (Å²) in [5.74, 6) is -1.07. The molecule has 1 heterocycles. The van der Waals surface area contributed by atoms with Crippen molar-refractivity contribution in [2.75, 3.05) is 7.05 Å². The summed E-state index contributed by atoms with van der Waals surface area (Å²) >= 11 is 1.58. The first kappa shape index (κ1) is 11.7. The van der Waals surface area contributed by atoms with Gasteiger partial charge in [-0.05, 0) is 11.4 Å². The molecule has 0 saturated carbocycles. The number of aliphatic carboxylic acids is 1. The fourth-order valence-electron chi connectivity index (χ4n) is 1.13. The van der Waals surface area contributed by atoms with Crippen molar-refractivity contribution < 1.29 is 14.7 Å². The summed E-state index contributed by atoms with van der Waals surface area (Å²) in [6, 6.07) is 3.88. The average Bonchev–Trinajstić information content (AvgIpc) is 2.66. The highest BCUT2D eigenvalue weighted by molar-refractivity contribution is 7.09. The van der Waals surface area contributed by atoms with Crippen LogP contribution in [0.5, 0.6) is 0 Å². The second-order valence-corrected chi connectivity index (χ2v) is 4.26. The molecule has 0 spiro atoms. The Morgan fingerprint density at radius 3 is 2.73 bits per heavy atom. The third-order valence-corrected chi connectivity index (χ3v) is 2.81. The molecule has 0 aromatic carbocycles. The maximum atomic E-state index is 11.4. The van der Waals surface area contributed by atoms with Gasteiger partial charge in [0.25, 0.3) is 0 Å². The smallest absolute Gasteiger partial charge is 0.303 e. The lowest BCUT2D eigenvalue weighted by Crippen LogP contribution is -2.26. The van der Waals surface area contributed by atoms with Crippen molar-refractivity contribution in [2.45, 2.75) is 19.4 Å². The fraction of sp³-hybridized carbons (Fsp3) is 0.400. The van der Waals surface area contributed by atoms with E-state index in [4.69, 9.17) is 5.11 Å². The minimum atomic E-state index is -0.937. The monoisotopic (exact) mass is 227 g/mol. The number of nitrogens with zero attached hydrogens (tertiary/aromatic N) is 1. The summed E-state index contributed by atoms with van der Waals surface area (Å²) < 4.78 is 0. The third kappa shape index (κ3) is 4.12. The highest BCUT2D eigenvalue weighted by atomic mass is 32.1. The van der Waals surface area contributed by atoms with Crippen molar-refractivity contribution in [3.8, 4) is 0 Å². The molecule has 82 valence electrons. The van der Waals surface area contributed by atoms with Gasteiger partial charge in [-0.1, -0.05) is 6.07 Å². The van der Waals surface area contributed by atoms with Gasteiger partial charge in [-0.15, -0.1) is 11.3 Å². The first-order valence-corrected chi connectivity index (χ1v) is 5.45. The first-order valence-electron chi connectivity index (χ1n) is 4.57. The number of amides is 1. The Balaban J connectivity index is 2.36. The number of rotatable bonds is 5. The molecular weight excluding hydrogens is 214 g/mol. The number of thiophene rings is 1. The van der Waals surface area contributed by atoms with Crippen LogP contribution in [0.1, 0.15) is 17.7 Å². The minimum Gasteiger partial charge on any atom is -0.481 e. The molecule has 1 rings (SSSR count). The number of carboxylic acid groups (broad SMARTS) is 1. The van der Waals surface area contributed by atoms with Crippen molar-refractivity contribution in [3.63, 3.8) is 0 Å². The molecule has 1 aromatic heterocycles. The van der Waals surface area contributed by atoms with Gasteiger partial charge in [0.05, 0.1) is 13.0 Å². The Hall–Kier alpha value is -1.36. The summed E-state index contributed by atoms with van der Waals surface area (Å²) in [6.07, 6.45) is -0.0369. The molecule has 1 aromatic rings. The summed E-state index contributed by atoms with van der Waals surface area (Å²) in [5, 5.41) is 10.4. The Labute approximate surface area is 92.1 Å². The van der Waals surface area contributed by atoms with Crippen molar-refractivity contribution in [1.29, 1.82) is 0 Å². The van der Waals surface area contributed by atoms with Crippen LogP contribution in [0, 0.1) is 0 Å². The van der Waals surface area contributed by atoms with Crippen LogP contribution in [0.3, 0.4) is 0 Å². The van der Waals surface area contributed by atoms with E-state index in [2.05, 4.69) is 0 Å². The number of carbonyl (C=O) groups excluding carboxylic acids is 1. The standard InChI is InChI=1S/C10H13NO3S/c1-11(7-8-3-2-6-15-8)9(12)4-5-10(13)14/h2-3,6H,4-5,7H2,1H3,(H,13,14). The van der Waals surface area contributed by atoms with Crippen LogP contribution < -0.4 is 0 Å². The molecule has 0 atom stereocenters. The average molecular weight is 227 g/mol. The summed E-state index contributed by atoms with van der Waals surface area (Å²) in [6.45, 7) is 0.552. The molecule has 0 aliphatic carbocycles. The van der Waals surface area contributed by atoms with E-state index in [0.29, 0.717) is 6.54 Å². The molecular formula is C10H13NO3S. The van der Waals surface area contributed by atoms with Gasteiger partial charge in [0.15, 0.2) is 0 Å². The van der Waals surface area contributed by atoms with Gasteiger partial charge in [-0.25, -0.2) is 0 Å². The van der Waals surface area contributed by atoms with Crippen LogP contribution in [0.15, 0.2) is 17.5 Å². The van der Waals surface area contributed by atoms with E-state index >= 15 is 0 Å². The Morgan fingerprint density at radius 2 is 2.20 bits per heavy atom. The van der Waals surface area contributed by atoms with E-state index in [1.807, 2.05) is 17.5 Å². The zero-order valence-electron chi connectivity index (χ0n) is 8.47. The molecule has 15 heavy (non-hydrogen) atoms. The van der Waals surface area contributed by atoms with Gasteiger partial charge in [-0.3, -0.25) is 9.59 Å². The van der Waals surface area contributed by atoms with E-state index in [-0.39, 0.29) is 18.7 Å². The third-order valence-electron chi connectivity index (χ3n) is 1.95. The van der Waals surface area contributed by atoms with Gasteiger partial charge in [-0.2, -0.15) is 0 Å². The molecule has 4 nitrogen and oxygen atoms in total. The van der Waals surface area contributed by atoms with Gasteiger partial charge in [0, 0.05) is 18.3 Å². The van der Waals surface area contributed by atoms with Crippen LogP contribution in [0.25, 0.3) is 0 Å². The molecule has 0 unspecified atom stereocenters. The van der Waals surface area contributed by atoms with E-state index in [9.17, 15) is 9.59 Å². The van der Waals surface area contributed by atoms with Crippen molar-refractivity contribution in [3.05, 3.63) is 22.4 Å². The van der Waals surface area contributed by atoms with Crippen LogP contribution in [-0.4, -0.2) is 28.9 Å². The lowest BCUT2D eigenvalue weighted by atomic mass is 10.3. The number of hydrogen-bond donors (Lipinski definition) is 1. The molecule has 0 aliphatic rings. The van der Waals surface area contributed by atoms with Gasteiger partial charge in [0.2, 0.25) is 5.91 Å². The first-order chi connectivity index (χ1) is 7.09. The van der Waals surface area contributed by atoms with Gasteiger partial charge < -0.3 is 10.0 Å². The number of hydrogen-bond acceptors (Lipinski definition) is 3. The normalized spacial score (nSPS) is 9.93. The molecule has 0 fully saturated rings. The molecule has 5 heteroatoms. The fourth-order valence-corrected chi connectivity index (χ4v) is 1.89. The maximum Gasteiger partial charge on any atom is 0.303 e. The van der Waals surface area contributed by atoms with E-state index in [1.54, 1.807) is 23.3 Å². The van der Waals surface area contributed by atoms with Crippen LogP contribution in [-0.2, 0) is 16.1 Å². The van der Waals surface area contributed by atoms with E-state index < -0.39 is 5.97 Å². The van der Waals surface area contributed by atoms with E-state index in [1.165, 1.54) is 0 Å². The zero-order valence-corrected chi connectivity index (χ0v) is 9.29. The highest BCUT2D eigenvalue weighted by Gasteiger charge is 2.11. The molecule has 1 amide bonds. The van der Waals surface area contributed by atoms with Crippen LogP contribution in [0.2, 0.25) is 0 Å². The predicted molar refractivity (Wildman–Crippen MR) is 57.7 cm³/mol. The molecule has 0 radical (unpaired) electrons. The Morgan fingerprint density at radius 1 is 1.47 bits per heavy atom. The molecule has 0 saturated heterocycles. The molecule has 0 aliphatic heterocycles.